The fourth-order valence-electron chi connectivity index (χ4n) is 0.992. The fourth-order valence-corrected chi connectivity index (χ4v) is 0.992. The second-order valence-corrected chi connectivity index (χ2v) is 2.63. The van der Waals surface area contributed by atoms with E-state index in [-0.39, 0.29) is 12.4 Å². The Morgan fingerprint density at radius 2 is 2.33 bits per heavy atom. The molecule has 0 aromatic carbocycles. The molecule has 0 fully saturated rings. The molecule has 2 nitrogen and oxygen atoms in total. The van der Waals surface area contributed by atoms with E-state index in [9.17, 15) is 0 Å². The molecule has 0 N–H and O–H groups in total. The second kappa shape index (κ2) is 5.84. The highest BCUT2D eigenvalue weighted by Gasteiger charge is 1.97. The number of nitrogens with zero attached hydrogens (tertiary/aromatic N) is 2. The van der Waals surface area contributed by atoms with Gasteiger partial charge in [0.15, 0.2) is 0 Å². The van der Waals surface area contributed by atoms with Crippen molar-refractivity contribution in [1.82, 2.24) is 4.57 Å². The van der Waals surface area contributed by atoms with Gasteiger partial charge in [0.05, 0.1) is 12.7 Å². The summed E-state index contributed by atoms with van der Waals surface area (Å²) < 4.78 is 4.13. The van der Waals surface area contributed by atoms with Gasteiger partial charge in [-0.05, 0) is 6.42 Å². The normalized spacial score (nSPS) is 9.08. The minimum atomic E-state index is 0. The monoisotopic (exact) mass is 186 g/mol. The van der Waals surface area contributed by atoms with E-state index in [0.29, 0.717) is 0 Å². The highest BCUT2D eigenvalue weighted by Crippen LogP contribution is 1.92. The van der Waals surface area contributed by atoms with E-state index in [0.717, 1.165) is 6.54 Å². The predicted molar refractivity (Wildman–Crippen MR) is 45.9 cm³/mol. The molecule has 3 heteroatoms. The standard InChI is InChI=1S/C9H15N2.ClH/c1-3-5-6-11-8-7-10(4-2)9-11;/h4,7-9H,2-3,5-6H2,1H3;1H/q+1;/p-1. The lowest BCUT2D eigenvalue weighted by atomic mass is 10.3. The van der Waals surface area contributed by atoms with E-state index in [2.05, 4.69) is 24.3 Å². The third-order valence-corrected chi connectivity index (χ3v) is 1.69. The Balaban J connectivity index is 0.00000121. The third kappa shape index (κ3) is 3.09. The first-order valence-corrected chi connectivity index (χ1v) is 4.06. The number of hydrogen-bond donors (Lipinski definition) is 0. The first kappa shape index (κ1) is 11.2. The Hall–Kier alpha value is -0.760. The number of rotatable bonds is 4. The summed E-state index contributed by atoms with van der Waals surface area (Å²) in [6.07, 6.45) is 10.4. The summed E-state index contributed by atoms with van der Waals surface area (Å²) in [5.74, 6) is 0. The molecule has 0 radical (unpaired) electrons. The highest BCUT2D eigenvalue weighted by molar-refractivity contribution is 4.94. The van der Waals surface area contributed by atoms with Crippen molar-refractivity contribution in [1.29, 1.82) is 0 Å². The van der Waals surface area contributed by atoms with E-state index < -0.39 is 0 Å². The van der Waals surface area contributed by atoms with E-state index in [1.165, 1.54) is 12.8 Å². The number of aryl methyl sites for hydroxylation is 1. The van der Waals surface area contributed by atoms with Gasteiger partial charge in [-0.2, -0.15) is 0 Å². The summed E-state index contributed by atoms with van der Waals surface area (Å²) in [5.41, 5.74) is 0. The quantitative estimate of drug-likeness (QED) is 0.516. The molecule has 0 atom stereocenters. The van der Waals surface area contributed by atoms with Crippen LogP contribution in [0.5, 0.6) is 0 Å². The van der Waals surface area contributed by atoms with Crippen LogP contribution in [-0.2, 0) is 6.54 Å². The van der Waals surface area contributed by atoms with Crippen molar-refractivity contribution in [2.24, 2.45) is 0 Å². The van der Waals surface area contributed by atoms with Crippen molar-refractivity contribution in [3.63, 3.8) is 0 Å². The highest BCUT2D eigenvalue weighted by atomic mass is 35.5. The second-order valence-electron chi connectivity index (χ2n) is 2.63. The molecule has 1 heterocycles. The maximum atomic E-state index is 3.67. The molecular formula is C9H15ClN2. The molecule has 0 saturated heterocycles. The maximum absolute atomic E-state index is 3.67. The smallest absolute Gasteiger partial charge is 0.248 e. The van der Waals surface area contributed by atoms with Gasteiger partial charge in [0.1, 0.15) is 12.4 Å². The topological polar surface area (TPSA) is 8.81 Å². The van der Waals surface area contributed by atoms with Crippen LogP contribution in [0.2, 0.25) is 0 Å². The van der Waals surface area contributed by atoms with E-state index >= 15 is 0 Å². The van der Waals surface area contributed by atoms with Crippen LogP contribution < -0.4 is 17.0 Å². The molecule has 1 rings (SSSR count). The van der Waals surface area contributed by atoms with Gasteiger partial charge in [-0.15, -0.1) is 0 Å². The lowest BCUT2D eigenvalue weighted by Crippen LogP contribution is -3.00. The number of hydrogen-bond acceptors (Lipinski definition) is 0. The minimum absolute atomic E-state index is 0. The summed E-state index contributed by atoms with van der Waals surface area (Å²) in [7, 11) is 0. The average molecular weight is 187 g/mol. The van der Waals surface area contributed by atoms with E-state index in [1.54, 1.807) is 6.20 Å². The Morgan fingerprint density at radius 3 is 2.83 bits per heavy atom. The van der Waals surface area contributed by atoms with Gasteiger partial charge < -0.3 is 12.4 Å². The maximum Gasteiger partial charge on any atom is 0.248 e. The summed E-state index contributed by atoms with van der Waals surface area (Å²) in [6, 6.07) is 0. The number of unbranched alkanes of at least 4 members (excludes halogenated alkanes) is 1. The molecule has 1 aromatic heterocycles. The molecule has 0 aliphatic heterocycles. The average Bonchev–Trinajstić information content (AvgIpc) is 2.48. The molecule has 0 amide bonds. The van der Waals surface area contributed by atoms with Gasteiger partial charge in [0.25, 0.3) is 0 Å². The zero-order valence-corrected chi connectivity index (χ0v) is 8.17. The van der Waals surface area contributed by atoms with Gasteiger partial charge in [-0.3, -0.25) is 0 Å². The van der Waals surface area contributed by atoms with E-state index in [4.69, 9.17) is 0 Å². The van der Waals surface area contributed by atoms with Crippen LogP contribution in [0.25, 0.3) is 6.20 Å². The Labute approximate surface area is 79.9 Å². The van der Waals surface area contributed by atoms with Crippen LogP contribution in [0, 0.1) is 0 Å². The van der Waals surface area contributed by atoms with Gasteiger partial charge >= 0.3 is 0 Å². The van der Waals surface area contributed by atoms with Gasteiger partial charge in [0.2, 0.25) is 6.33 Å². The van der Waals surface area contributed by atoms with Crippen molar-refractivity contribution < 1.29 is 17.0 Å². The lowest BCUT2D eigenvalue weighted by molar-refractivity contribution is -0.567. The predicted octanol–water partition coefficient (Wildman–Crippen LogP) is -1.32. The van der Waals surface area contributed by atoms with Gasteiger partial charge in [-0.1, -0.05) is 19.9 Å². The summed E-state index contributed by atoms with van der Waals surface area (Å²) in [4.78, 5) is 0. The van der Waals surface area contributed by atoms with Crippen molar-refractivity contribution in [2.45, 2.75) is 26.3 Å². The van der Waals surface area contributed by atoms with Crippen LogP contribution in [0.4, 0.5) is 0 Å². The molecule has 1 aromatic rings. The van der Waals surface area contributed by atoms with Crippen LogP contribution >= 0.6 is 0 Å². The fraction of sp³-hybridized carbons (Fsp3) is 0.444. The van der Waals surface area contributed by atoms with Crippen molar-refractivity contribution in [2.75, 3.05) is 0 Å². The lowest BCUT2D eigenvalue weighted by Gasteiger charge is -1.90. The Kier molecular flexibility index (Phi) is 5.47. The molecular weight excluding hydrogens is 172 g/mol. The first-order chi connectivity index (χ1) is 5.36. The Bertz CT molecular complexity index is 230. The van der Waals surface area contributed by atoms with Gasteiger partial charge in [0, 0.05) is 0 Å². The van der Waals surface area contributed by atoms with E-state index in [1.807, 2.05) is 17.1 Å². The largest absolute Gasteiger partial charge is 1.00 e. The van der Waals surface area contributed by atoms with Crippen LogP contribution in [0.15, 0.2) is 25.3 Å². The van der Waals surface area contributed by atoms with Crippen molar-refractivity contribution >= 4 is 6.20 Å². The molecule has 0 aliphatic rings. The number of imidazole rings is 1. The van der Waals surface area contributed by atoms with Crippen molar-refractivity contribution in [3.05, 3.63) is 25.3 Å². The molecule has 0 unspecified atom stereocenters. The summed E-state index contributed by atoms with van der Waals surface area (Å²) in [5, 5.41) is 0. The third-order valence-electron chi connectivity index (χ3n) is 1.69. The SMILES string of the molecule is C=C[n+]1ccn(CCCC)c1.[Cl-]. The number of aromatic nitrogens is 2. The Morgan fingerprint density at radius 1 is 1.58 bits per heavy atom. The molecule has 0 spiro atoms. The van der Waals surface area contributed by atoms with Crippen LogP contribution in [0.3, 0.4) is 0 Å². The first-order valence-electron chi connectivity index (χ1n) is 4.06. The zero-order valence-electron chi connectivity index (χ0n) is 7.41. The van der Waals surface area contributed by atoms with Crippen LogP contribution in [0.1, 0.15) is 19.8 Å². The zero-order chi connectivity index (χ0) is 8.10. The summed E-state index contributed by atoms with van der Waals surface area (Å²) >= 11 is 0. The summed E-state index contributed by atoms with van der Waals surface area (Å²) in [6.45, 7) is 6.98. The molecule has 0 aliphatic carbocycles. The van der Waals surface area contributed by atoms with Gasteiger partial charge in [-0.25, -0.2) is 9.13 Å². The number of halogens is 1. The molecule has 68 valence electrons. The molecule has 12 heavy (non-hydrogen) atoms. The molecule has 0 saturated carbocycles. The molecule has 0 bridgehead atoms. The van der Waals surface area contributed by atoms with Crippen LogP contribution in [-0.4, -0.2) is 4.57 Å². The minimum Gasteiger partial charge on any atom is -1.00 e. The van der Waals surface area contributed by atoms with Crippen molar-refractivity contribution in [3.8, 4) is 0 Å².